The fourth-order valence-electron chi connectivity index (χ4n) is 2.14. The van der Waals surface area contributed by atoms with Gasteiger partial charge in [0.1, 0.15) is 17.1 Å². The number of aliphatic hydroxyl groups excluding tert-OH is 1. The molecule has 2 aromatic rings. The SMILES string of the molecule is COC(=O)c1cc(F)c(-c2cnc(C)c(CO)n2)cc1O[C@@H](C)C(F)(F)F. The Hall–Kier alpha value is -2.75. The van der Waals surface area contributed by atoms with Crippen LogP contribution in [-0.2, 0) is 11.3 Å². The maximum Gasteiger partial charge on any atom is 0.425 e. The van der Waals surface area contributed by atoms with Crippen LogP contribution in [0.4, 0.5) is 17.6 Å². The zero-order valence-corrected chi connectivity index (χ0v) is 14.6. The second-order valence-corrected chi connectivity index (χ2v) is 5.57. The molecule has 0 radical (unpaired) electrons. The monoisotopic (exact) mass is 388 g/mol. The van der Waals surface area contributed by atoms with Crippen molar-refractivity contribution in [2.75, 3.05) is 7.11 Å². The number of ether oxygens (including phenoxy) is 2. The summed E-state index contributed by atoms with van der Waals surface area (Å²) >= 11 is 0. The molecule has 0 spiro atoms. The Labute approximate surface area is 151 Å². The molecule has 10 heteroatoms. The van der Waals surface area contributed by atoms with Gasteiger partial charge >= 0.3 is 12.1 Å². The van der Waals surface area contributed by atoms with E-state index in [2.05, 4.69) is 14.7 Å². The average molecular weight is 388 g/mol. The number of nitrogens with zero attached hydrogens (tertiary/aromatic N) is 2. The first-order valence-electron chi connectivity index (χ1n) is 7.67. The number of hydrogen-bond acceptors (Lipinski definition) is 6. The van der Waals surface area contributed by atoms with E-state index in [4.69, 9.17) is 4.74 Å². The number of rotatable bonds is 5. The summed E-state index contributed by atoms with van der Waals surface area (Å²) < 4.78 is 62.3. The van der Waals surface area contributed by atoms with Crippen molar-refractivity contribution in [2.45, 2.75) is 32.7 Å². The summed E-state index contributed by atoms with van der Waals surface area (Å²) in [5.41, 5.74) is -0.195. The van der Waals surface area contributed by atoms with Gasteiger partial charge in [0.25, 0.3) is 0 Å². The van der Waals surface area contributed by atoms with Crippen molar-refractivity contribution >= 4 is 5.97 Å². The summed E-state index contributed by atoms with van der Waals surface area (Å²) in [7, 11) is 1.00. The molecule has 0 bridgehead atoms. The van der Waals surface area contributed by atoms with Crippen molar-refractivity contribution in [3.05, 3.63) is 41.1 Å². The molecule has 146 valence electrons. The van der Waals surface area contributed by atoms with Crippen LogP contribution in [-0.4, -0.2) is 40.4 Å². The highest BCUT2D eigenvalue weighted by Crippen LogP contribution is 2.33. The van der Waals surface area contributed by atoms with Crippen LogP contribution in [0.25, 0.3) is 11.3 Å². The maximum atomic E-state index is 14.5. The molecule has 1 aromatic carbocycles. The topological polar surface area (TPSA) is 81.5 Å². The Bertz CT molecular complexity index is 856. The van der Waals surface area contributed by atoms with E-state index in [-0.39, 0.29) is 17.0 Å². The minimum Gasteiger partial charge on any atom is -0.480 e. The molecule has 6 nitrogen and oxygen atoms in total. The van der Waals surface area contributed by atoms with Crippen LogP contribution >= 0.6 is 0 Å². The van der Waals surface area contributed by atoms with Crippen molar-refractivity contribution < 1.29 is 36.9 Å². The Morgan fingerprint density at radius 3 is 2.56 bits per heavy atom. The number of carbonyl (C=O) groups is 1. The molecule has 1 atom stereocenters. The Balaban J connectivity index is 2.60. The Morgan fingerprint density at radius 2 is 2.00 bits per heavy atom. The number of carbonyl (C=O) groups excluding carboxylic acids is 1. The van der Waals surface area contributed by atoms with E-state index in [1.165, 1.54) is 6.20 Å². The van der Waals surface area contributed by atoms with Gasteiger partial charge in [-0.25, -0.2) is 14.2 Å². The summed E-state index contributed by atoms with van der Waals surface area (Å²) in [6.07, 6.45) is -5.76. The van der Waals surface area contributed by atoms with E-state index in [1.54, 1.807) is 6.92 Å². The lowest BCUT2D eigenvalue weighted by atomic mass is 10.1. The van der Waals surface area contributed by atoms with Crippen LogP contribution in [0.15, 0.2) is 18.3 Å². The quantitative estimate of drug-likeness (QED) is 0.626. The van der Waals surface area contributed by atoms with Gasteiger partial charge in [-0.3, -0.25) is 4.98 Å². The molecule has 1 heterocycles. The second kappa shape index (κ2) is 7.87. The molecular weight excluding hydrogens is 372 g/mol. The van der Waals surface area contributed by atoms with Gasteiger partial charge in [0.2, 0.25) is 0 Å². The van der Waals surface area contributed by atoms with Gasteiger partial charge in [-0.15, -0.1) is 0 Å². The third-order valence-electron chi connectivity index (χ3n) is 3.72. The number of methoxy groups -OCH3 is 1. The second-order valence-electron chi connectivity index (χ2n) is 5.57. The molecule has 0 fully saturated rings. The maximum absolute atomic E-state index is 14.5. The molecule has 27 heavy (non-hydrogen) atoms. The van der Waals surface area contributed by atoms with Crippen LogP contribution in [0, 0.1) is 12.7 Å². The summed E-state index contributed by atoms with van der Waals surface area (Å²) in [5.74, 6) is -2.52. The highest BCUT2D eigenvalue weighted by Gasteiger charge is 2.39. The molecule has 0 unspecified atom stereocenters. The van der Waals surface area contributed by atoms with Gasteiger partial charge in [0.15, 0.2) is 6.10 Å². The number of halogens is 4. The van der Waals surface area contributed by atoms with Crippen LogP contribution in [0.5, 0.6) is 5.75 Å². The minimum absolute atomic E-state index is 0.0388. The van der Waals surface area contributed by atoms with E-state index in [0.717, 1.165) is 20.1 Å². The van der Waals surface area contributed by atoms with Crippen LogP contribution in [0.3, 0.4) is 0 Å². The minimum atomic E-state index is -4.70. The smallest absolute Gasteiger partial charge is 0.425 e. The lowest BCUT2D eigenvalue weighted by Crippen LogP contribution is -2.31. The molecule has 0 saturated heterocycles. The van der Waals surface area contributed by atoms with Crippen molar-refractivity contribution in [2.24, 2.45) is 0 Å². The van der Waals surface area contributed by atoms with Gasteiger partial charge in [-0.05, 0) is 26.0 Å². The summed E-state index contributed by atoms with van der Waals surface area (Å²) in [6, 6.07) is 1.63. The van der Waals surface area contributed by atoms with E-state index in [9.17, 15) is 27.5 Å². The molecule has 2 rings (SSSR count). The molecule has 0 aliphatic heterocycles. The largest absolute Gasteiger partial charge is 0.480 e. The Morgan fingerprint density at radius 1 is 1.33 bits per heavy atom. The highest BCUT2D eigenvalue weighted by atomic mass is 19.4. The van der Waals surface area contributed by atoms with Crippen LogP contribution in [0.2, 0.25) is 0 Å². The van der Waals surface area contributed by atoms with Crippen molar-refractivity contribution in [1.82, 2.24) is 9.97 Å². The molecule has 0 saturated carbocycles. The third-order valence-corrected chi connectivity index (χ3v) is 3.72. The lowest BCUT2D eigenvalue weighted by Gasteiger charge is -2.20. The van der Waals surface area contributed by atoms with Gasteiger partial charge in [-0.2, -0.15) is 13.2 Å². The first-order valence-corrected chi connectivity index (χ1v) is 7.67. The average Bonchev–Trinajstić information content (AvgIpc) is 2.61. The normalized spacial score (nSPS) is 12.6. The number of aryl methyl sites for hydroxylation is 1. The van der Waals surface area contributed by atoms with Crippen LogP contribution < -0.4 is 4.74 Å². The lowest BCUT2D eigenvalue weighted by molar-refractivity contribution is -0.189. The zero-order chi connectivity index (χ0) is 20.4. The van der Waals surface area contributed by atoms with E-state index in [0.29, 0.717) is 11.8 Å². The van der Waals surface area contributed by atoms with E-state index in [1.807, 2.05) is 0 Å². The first-order chi connectivity index (χ1) is 12.6. The standard InChI is InChI=1S/C17H16F4N2O4/c1-8-14(7-24)23-13(6-22-8)10-5-15(27-9(2)17(19,20)21)11(4-12(10)18)16(25)26-3/h4-6,9,24H,7H2,1-3H3/t9-/m0/s1. The van der Waals surface area contributed by atoms with Crippen molar-refractivity contribution in [3.8, 4) is 17.0 Å². The third kappa shape index (κ3) is 4.51. The molecule has 0 amide bonds. The van der Waals surface area contributed by atoms with Gasteiger partial charge < -0.3 is 14.6 Å². The number of alkyl halides is 3. The van der Waals surface area contributed by atoms with Crippen LogP contribution in [0.1, 0.15) is 28.7 Å². The molecule has 0 aliphatic carbocycles. The first kappa shape index (κ1) is 20.6. The number of benzene rings is 1. The van der Waals surface area contributed by atoms with Crippen molar-refractivity contribution in [3.63, 3.8) is 0 Å². The molecule has 0 aliphatic rings. The van der Waals surface area contributed by atoms with Gasteiger partial charge in [0, 0.05) is 5.56 Å². The highest BCUT2D eigenvalue weighted by molar-refractivity contribution is 5.93. The summed E-state index contributed by atoms with van der Waals surface area (Å²) in [6.45, 7) is 1.88. The molecule has 1 aromatic heterocycles. The number of hydrogen-bond donors (Lipinski definition) is 1. The van der Waals surface area contributed by atoms with Crippen molar-refractivity contribution in [1.29, 1.82) is 0 Å². The van der Waals surface area contributed by atoms with E-state index >= 15 is 0 Å². The summed E-state index contributed by atoms with van der Waals surface area (Å²) in [5, 5.41) is 9.26. The number of aliphatic hydroxyl groups is 1. The number of aromatic nitrogens is 2. The van der Waals surface area contributed by atoms with Gasteiger partial charge in [-0.1, -0.05) is 0 Å². The predicted molar refractivity (Wildman–Crippen MR) is 85.6 cm³/mol. The van der Waals surface area contributed by atoms with Gasteiger partial charge in [0.05, 0.1) is 37.0 Å². The van der Waals surface area contributed by atoms with E-state index < -0.39 is 42.0 Å². The number of esters is 1. The molecule has 1 N–H and O–H groups in total. The predicted octanol–water partition coefficient (Wildman–Crippen LogP) is 3.20. The Kier molecular flexibility index (Phi) is 5.99. The molecular formula is C17H16F4N2O4. The fourth-order valence-corrected chi connectivity index (χ4v) is 2.14. The summed E-state index contributed by atoms with van der Waals surface area (Å²) in [4.78, 5) is 19.8. The fraction of sp³-hybridized carbons (Fsp3) is 0.353. The zero-order valence-electron chi connectivity index (χ0n) is 14.6.